The summed E-state index contributed by atoms with van der Waals surface area (Å²) in [6.45, 7) is 8.36. The number of nitrogens with one attached hydrogen (secondary N) is 1. The van der Waals surface area contributed by atoms with E-state index in [1.54, 1.807) is 6.20 Å². The minimum atomic E-state index is 0.0650. The van der Waals surface area contributed by atoms with E-state index in [-0.39, 0.29) is 11.9 Å². The normalized spacial score (nSPS) is 18.1. The third kappa shape index (κ3) is 3.45. The van der Waals surface area contributed by atoms with Crippen molar-refractivity contribution in [2.24, 2.45) is 0 Å². The number of aryl methyl sites for hydroxylation is 1. The number of hydrogen-bond acceptors (Lipinski definition) is 3. The quantitative estimate of drug-likeness (QED) is 0.876. The van der Waals surface area contributed by atoms with Gasteiger partial charge in [0, 0.05) is 6.20 Å². The maximum Gasteiger partial charge on any atom is 0.240 e. The first-order valence-electron chi connectivity index (χ1n) is 6.66. The molecule has 1 aromatic heterocycles. The molecule has 1 fully saturated rings. The van der Waals surface area contributed by atoms with Crippen molar-refractivity contribution in [3.63, 3.8) is 0 Å². The molecule has 1 N–H and O–H groups in total. The molecule has 1 aromatic rings. The van der Waals surface area contributed by atoms with Crippen molar-refractivity contribution in [3.8, 4) is 0 Å². The van der Waals surface area contributed by atoms with Crippen molar-refractivity contribution in [1.82, 2.24) is 10.4 Å². The van der Waals surface area contributed by atoms with Gasteiger partial charge in [0.25, 0.3) is 0 Å². The number of nitrogens with zero attached hydrogens (tertiary/aromatic N) is 2. The third-order valence-electron chi connectivity index (χ3n) is 2.64. The fourth-order valence-electron chi connectivity index (χ4n) is 1.83. The van der Waals surface area contributed by atoms with Gasteiger partial charge < -0.3 is 0 Å². The van der Waals surface area contributed by atoms with Gasteiger partial charge in [-0.2, -0.15) is 0 Å². The van der Waals surface area contributed by atoms with Gasteiger partial charge in [0.1, 0.15) is 5.82 Å². The fourth-order valence-corrected chi connectivity index (χ4v) is 1.83. The Morgan fingerprint density at radius 2 is 2.11 bits per heavy atom. The summed E-state index contributed by atoms with van der Waals surface area (Å²) in [4.78, 5) is 15.6. The monoisotopic (exact) mass is 249 g/mol. The first-order valence-corrected chi connectivity index (χ1v) is 6.66. The lowest BCUT2D eigenvalue weighted by Crippen LogP contribution is -2.38. The van der Waals surface area contributed by atoms with E-state index < -0.39 is 0 Å². The number of anilines is 1. The van der Waals surface area contributed by atoms with E-state index in [0.717, 1.165) is 17.8 Å². The summed E-state index contributed by atoms with van der Waals surface area (Å²) in [7, 11) is 0. The number of hydrogen-bond donors (Lipinski definition) is 1. The van der Waals surface area contributed by atoms with Crippen LogP contribution in [-0.4, -0.2) is 16.9 Å². The molecular weight excluding hydrogens is 226 g/mol. The van der Waals surface area contributed by atoms with Gasteiger partial charge >= 0.3 is 0 Å². The second-order valence-electron chi connectivity index (χ2n) is 4.50. The predicted molar refractivity (Wildman–Crippen MR) is 74.3 cm³/mol. The molecule has 4 nitrogen and oxygen atoms in total. The van der Waals surface area contributed by atoms with E-state index in [0.29, 0.717) is 6.42 Å². The molecule has 100 valence electrons. The highest BCUT2D eigenvalue weighted by molar-refractivity contribution is 5.82. The molecule has 2 heterocycles. The molecule has 18 heavy (non-hydrogen) atoms. The molecule has 0 aliphatic carbocycles. The average molecular weight is 249 g/mol. The number of amides is 1. The van der Waals surface area contributed by atoms with Crippen LogP contribution in [0.5, 0.6) is 0 Å². The van der Waals surface area contributed by atoms with Gasteiger partial charge in [0.2, 0.25) is 5.91 Å². The topological polar surface area (TPSA) is 45.2 Å². The number of aromatic nitrogens is 1. The molecule has 1 aliphatic heterocycles. The van der Waals surface area contributed by atoms with Crippen LogP contribution in [0.25, 0.3) is 0 Å². The Morgan fingerprint density at radius 1 is 1.44 bits per heavy atom. The highest BCUT2D eigenvalue weighted by Crippen LogP contribution is 2.22. The minimum Gasteiger partial charge on any atom is -0.273 e. The molecule has 0 radical (unpaired) electrons. The molecule has 1 amide bonds. The molecule has 0 aromatic carbocycles. The lowest BCUT2D eigenvalue weighted by molar-refractivity contribution is -0.119. The Morgan fingerprint density at radius 3 is 2.61 bits per heavy atom. The van der Waals surface area contributed by atoms with Crippen LogP contribution in [0.15, 0.2) is 18.3 Å². The van der Waals surface area contributed by atoms with E-state index >= 15 is 0 Å². The standard InChI is InChI=1S/C11H15N3O.C3H8/c1-3-9-5-4-6-12-11(9)14-8(2)7-10(15)13-14;1-3-2/h4-6,8H,3,7H2,1-2H3,(H,13,15);3H2,1-2H3. The van der Waals surface area contributed by atoms with Gasteiger partial charge in [0.15, 0.2) is 0 Å². The van der Waals surface area contributed by atoms with Gasteiger partial charge in [-0.1, -0.05) is 33.3 Å². The summed E-state index contributed by atoms with van der Waals surface area (Å²) in [6.07, 6.45) is 4.47. The van der Waals surface area contributed by atoms with Gasteiger partial charge in [-0.3, -0.25) is 15.2 Å². The van der Waals surface area contributed by atoms with Crippen LogP contribution in [0.3, 0.4) is 0 Å². The van der Waals surface area contributed by atoms with E-state index in [4.69, 9.17) is 0 Å². The summed E-state index contributed by atoms with van der Waals surface area (Å²) in [5.74, 6) is 0.938. The summed E-state index contributed by atoms with van der Waals surface area (Å²) in [5, 5.41) is 1.86. The van der Waals surface area contributed by atoms with Crippen LogP contribution in [0, 0.1) is 0 Å². The number of carbonyl (C=O) groups excluding carboxylic acids is 1. The van der Waals surface area contributed by atoms with Crippen molar-refractivity contribution >= 4 is 11.7 Å². The Hall–Kier alpha value is -1.58. The van der Waals surface area contributed by atoms with Gasteiger partial charge in [-0.25, -0.2) is 4.98 Å². The highest BCUT2D eigenvalue weighted by Gasteiger charge is 2.28. The number of pyridine rings is 1. The molecule has 1 saturated heterocycles. The van der Waals surface area contributed by atoms with E-state index in [9.17, 15) is 4.79 Å². The van der Waals surface area contributed by atoms with Crippen LogP contribution >= 0.6 is 0 Å². The maximum atomic E-state index is 11.3. The number of rotatable bonds is 2. The van der Waals surface area contributed by atoms with Gasteiger partial charge in [0.05, 0.1) is 12.5 Å². The van der Waals surface area contributed by atoms with Crippen molar-refractivity contribution in [1.29, 1.82) is 0 Å². The Kier molecular flexibility index (Phi) is 5.62. The first-order chi connectivity index (χ1) is 8.63. The smallest absolute Gasteiger partial charge is 0.240 e. The molecule has 0 spiro atoms. The van der Waals surface area contributed by atoms with Crippen molar-refractivity contribution in [2.45, 2.75) is 53.0 Å². The molecule has 4 heteroatoms. The molecule has 0 bridgehead atoms. The largest absolute Gasteiger partial charge is 0.273 e. The summed E-state index contributed by atoms with van der Waals surface area (Å²) in [5.41, 5.74) is 3.99. The van der Waals surface area contributed by atoms with Crippen molar-refractivity contribution < 1.29 is 4.79 Å². The van der Waals surface area contributed by atoms with Crippen LogP contribution < -0.4 is 10.4 Å². The van der Waals surface area contributed by atoms with Crippen LogP contribution in [0.4, 0.5) is 5.82 Å². The minimum absolute atomic E-state index is 0.0650. The third-order valence-corrected chi connectivity index (χ3v) is 2.64. The molecule has 1 unspecified atom stereocenters. The zero-order valence-corrected chi connectivity index (χ0v) is 11.7. The number of carbonyl (C=O) groups is 1. The second-order valence-corrected chi connectivity index (χ2v) is 4.50. The summed E-state index contributed by atoms with van der Waals surface area (Å²) >= 11 is 0. The predicted octanol–water partition coefficient (Wildman–Crippen LogP) is 2.69. The molecule has 2 rings (SSSR count). The maximum absolute atomic E-state index is 11.3. The zero-order valence-electron chi connectivity index (χ0n) is 11.7. The summed E-state index contributed by atoms with van der Waals surface area (Å²) in [6, 6.07) is 4.14. The van der Waals surface area contributed by atoms with Crippen molar-refractivity contribution in [3.05, 3.63) is 23.9 Å². The SMILES string of the molecule is CCC.CCc1cccnc1N1NC(=O)CC1C. The molecular formula is C14H23N3O. The average Bonchev–Trinajstić information content (AvgIpc) is 2.69. The van der Waals surface area contributed by atoms with Gasteiger partial charge in [-0.05, 0) is 25.0 Å². The Labute approximate surface area is 109 Å². The second kappa shape index (κ2) is 6.99. The highest BCUT2D eigenvalue weighted by atomic mass is 16.2. The van der Waals surface area contributed by atoms with E-state index in [1.807, 2.05) is 24.1 Å². The number of hydrazine groups is 1. The lowest BCUT2D eigenvalue weighted by Gasteiger charge is -2.23. The van der Waals surface area contributed by atoms with Crippen molar-refractivity contribution in [2.75, 3.05) is 5.01 Å². The van der Waals surface area contributed by atoms with E-state index in [2.05, 4.69) is 31.2 Å². The first kappa shape index (κ1) is 14.5. The summed E-state index contributed by atoms with van der Waals surface area (Å²) < 4.78 is 0. The molecule has 0 saturated carbocycles. The van der Waals surface area contributed by atoms with Crippen LogP contribution in [0.2, 0.25) is 0 Å². The van der Waals surface area contributed by atoms with Crippen LogP contribution in [0.1, 0.15) is 46.1 Å². The molecule has 1 aliphatic rings. The van der Waals surface area contributed by atoms with E-state index in [1.165, 1.54) is 6.42 Å². The Balaban J connectivity index is 0.000000492. The fraction of sp³-hybridized carbons (Fsp3) is 0.571. The van der Waals surface area contributed by atoms with Crippen LogP contribution in [-0.2, 0) is 11.2 Å². The Bertz CT molecular complexity index is 392. The lowest BCUT2D eigenvalue weighted by atomic mass is 10.2. The molecule has 1 atom stereocenters. The zero-order chi connectivity index (χ0) is 13.5. The van der Waals surface area contributed by atoms with Gasteiger partial charge in [-0.15, -0.1) is 0 Å².